The molecule has 0 radical (unpaired) electrons. The van der Waals surface area contributed by atoms with E-state index < -0.39 is 0 Å². The Morgan fingerprint density at radius 2 is 2.33 bits per heavy atom. The van der Waals surface area contributed by atoms with Crippen molar-refractivity contribution in [2.75, 3.05) is 5.32 Å². The summed E-state index contributed by atoms with van der Waals surface area (Å²) in [7, 11) is 0. The highest BCUT2D eigenvalue weighted by Gasteiger charge is 2.10. The van der Waals surface area contributed by atoms with Crippen LogP contribution >= 0.6 is 22.9 Å². The number of thiazole rings is 1. The molecular formula is C12H10ClFN2OS. The lowest BCUT2D eigenvalue weighted by molar-refractivity contribution is -0.116. The lowest BCUT2D eigenvalue weighted by Gasteiger charge is -2.05. The number of carbonyl (C=O) groups is 1. The van der Waals surface area contributed by atoms with E-state index in [4.69, 9.17) is 11.6 Å². The van der Waals surface area contributed by atoms with Crippen LogP contribution in [0.25, 0.3) is 0 Å². The van der Waals surface area contributed by atoms with Crippen LogP contribution in [0.3, 0.4) is 0 Å². The van der Waals surface area contributed by atoms with Crippen LogP contribution in [0, 0.1) is 5.82 Å². The van der Waals surface area contributed by atoms with Gasteiger partial charge in [0.15, 0.2) is 5.13 Å². The van der Waals surface area contributed by atoms with Crippen molar-refractivity contribution in [1.82, 2.24) is 4.98 Å². The lowest BCUT2D eigenvalue weighted by Crippen LogP contribution is -2.12. The molecule has 0 aliphatic rings. The third-order valence-corrected chi connectivity index (χ3v) is 3.39. The van der Waals surface area contributed by atoms with Gasteiger partial charge in [0.05, 0.1) is 0 Å². The molecule has 2 rings (SSSR count). The molecule has 1 amide bonds. The smallest absolute Gasteiger partial charge is 0.226 e. The first-order valence-corrected chi connectivity index (χ1v) is 6.55. The van der Waals surface area contributed by atoms with Gasteiger partial charge in [-0.15, -0.1) is 11.3 Å². The van der Waals surface area contributed by atoms with E-state index >= 15 is 0 Å². The van der Waals surface area contributed by atoms with Gasteiger partial charge in [0.25, 0.3) is 0 Å². The van der Waals surface area contributed by atoms with E-state index in [0.717, 1.165) is 0 Å². The van der Waals surface area contributed by atoms with Crippen molar-refractivity contribution >= 4 is 34.0 Å². The van der Waals surface area contributed by atoms with Crippen molar-refractivity contribution in [3.8, 4) is 0 Å². The summed E-state index contributed by atoms with van der Waals surface area (Å²) in [4.78, 5) is 15.5. The normalized spacial score (nSPS) is 10.3. The quantitative estimate of drug-likeness (QED) is 0.933. The minimum Gasteiger partial charge on any atom is -0.302 e. The van der Waals surface area contributed by atoms with Crippen molar-refractivity contribution in [2.24, 2.45) is 0 Å². The highest BCUT2D eigenvalue weighted by molar-refractivity contribution is 7.13. The molecule has 1 aromatic carbocycles. The van der Waals surface area contributed by atoms with Crippen LogP contribution in [0.2, 0.25) is 5.02 Å². The Hall–Kier alpha value is -1.46. The van der Waals surface area contributed by atoms with Crippen LogP contribution in [0.4, 0.5) is 9.52 Å². The number of benzene rings is 1. The molecule has 1 aromatic heterocycles. The fourth-order valence-electron chi connectivity index (χ4n) is 1.48. The monoisotopic (exact) mass is 284 g/mol. The molecule has 0 fully saturated rings. The SMILES string of the molecule is O=C(CCc1c(F)cccc1Cl)Nc1nccs1. The van der Waals surface area contributed by atoms with Gasteiger partial charge in [0.1, 0.15) is 5.82 Å². The summed E-state index contributed by atoms with van der Waals surface area (Å²) in [6.45, 7) is 0. The van der Waals surface area contributed by atoms with Gasteiger partial charge in [-0.1, -0.05) is 17.7 Å². The molecule has 18 heavy (non-hydrogen) atoms. The molecular weight excluding hydrogens is 275 g/mol. The molecule has 0 saturated carbocycles. The van der Waals surface area contributed by atoms with Crippen molar-refractivity contribution in [3.05, 3.63) is 46.2 Å². The zero-order chi connectivity index (χ0) is 13.0. The van der Waals surface area contributed by atoms with Crippen LogP contribution in [0.5, 0.6) is 0 Å². The highest BCUT2D eigenvalue weighted by atomic mass is 35.5. The molecule has 0 bridgehead atoms. The van der Waals surface area contributed by atoms with E-state index in [1.165, 1.54) is 23.5 Å². The maximum atomic E-state index is 13.5. The molecule has 0 spiro atoms. The van der Waals surface area contributed by atoms with E-state index in [1.54, 1.807) is 17.6 Å². The molecule has 3 nitrogen and oxygen atoms in total. The first-order valence-electron chi connectivity index (χ1n) is 5.29. The number of amides is 1. The summed E-state index contributed by atoms with van der Waals surface area (Å²) in [5.74, 6) is -0.589. The summed E-state index contributed by atoms with van der Waals surface area (Å²) in [5.41, 5.74) is 0.369. The summed E-state index contributed by atoms with van der Waals surface area (Å²) in [6, 6.07) is 4.48. The average molecular weight is 285 g/mol. The largest absolute Gasteiger partial charge is 0.302 e. The van der Waals surface area contributed by atoms with Gasteiger partial charge in [-0.2, -0.15) is 0 Å². The number of nitrogens with zero attached hydrogens (tertiary/aromatic N) is 1. The molecule has 0 saturated heterocycles. The third-order valence-electron chi connectivity index (χ3n) is 2.34. The first kappa shape index (κ1) is 13.0. The molecule has 0 unspecified atom stereocenters. The maximum Gasteiger partial charge on any atom is 0.226 e. The predicted molar refractivity (Wildman–Crippen MR) is 70.5 cm³/mol. The number of hydrogen-bond acceptors (Lipinski definition) is 3. The van der Waals surface area contributed by atoms with Gasteiger partial charge < -0.3 is 5.32 Å². The molecule has 94 valence electrons. The van der Waals surface area contributed by atoms with E-state index in [9.17, 15) is 9.18 Å². The second-order valence-electron chi connectivity index (χ2n) is 3.59. The fraction of sp³-hybridized carbons (Fsp3) is 0.167. The van der Waals surface area contributed by atoms with Crippen LogP contribution < -0.4 is 5.32 Å². The second-order valence-corrected chi connectivity index (χ2v) is 4.89. The number of nitrogens with one attached hydrogen (secondary N) is 1. The summed E-state index contributed by atoms with van der Waals surface area (Å²) in [5, 5.41) is 5.29. The Balaban J connectivity index is 1.93. The van der Waals surface area contributed by atoms with Crippen LogP contribution in [0.15, 0.2) is 29.8 Å². The Morgan fingerprint density at radius 1 is 1.50 bits per heavy atom. The first-order chi connectivity index (χ1) is 8.66. The minimum atomic E-state index is -0.385. The van der Waals surface area contributed by atoms with Crippen LogP contribution in [0.1, 0.15) is 12.0 Å². The molecule has 6 heteroatoms. The number of carbonyl (C=O) groups excluding carboxylic acids is 1. The van der Waals surface area contributed by atoms with Gasteiger partial charge in [-0.3, -0.25) is 4.79 Å². The topological polar surface area (TPSA) is 42.0 Å². The third kappa shape index (κ3) is 3.27. The Bertz CT molecular complexity index is 525. The summed E-state index contributed by atoms with van der Waals surface area (Å²) in [6.07, 6.45) is 2.04. The molecule has 1 heterocycles. The number of aromatic nitrogens is 1. The van der Waals surface area contributed by atoms with Crippen molar-refractivity contribution in [2.45, 2.75) is 12.8 Å². The second kappa shape index (κ2) is 5.93. The number of hydrogen-bond donors (Lipinski definition) is 1. The summed E-state index contributed by atoms with van der Waals surface area (Å²) < 4.78 is 13.5. The van der Waals surface area contributed by atoms with Crippen molar-refractivity contribution in [3.63, 3.8) is 0 Å². The highest BCUT2D eigenvalue weighted by Crippen LogP contribution is 2.20. The standard InChI is InChI=1S/C12H10ClFN2OS/c13-9-2-1-3-10(14)8(9)4-5-11(17)16-12-15-6-7-18-12/h1-3,6-7H,4-5H2,(H,15,16,17). The van der Waals surface area contributed by atoms with E-state index in [0.29, 0.717) is 15.7 Å². The van der Waals surface area contributed by atoms with Crippen LogP contribution in [-0.2, 0) is 11.2 Å². The van der Waals surface area contributed by atoms with E-state index in [2.05, 4.69) is 10.3 Å². The zero-order valence-electron chi connectivity index (χ0n) is 9.32. The van der Waals surface area contributed by atoms with E-state index in [1.807, 2.05) is 0 Å². The van der Waals surface area contributed by atoms with Crippen LogP contribution in [-0.4, -0.2) is 10.9 Å². The average Bonchev–Trinajstić information content (AvgIpc) is 2.81. The fourth-order valence-corrected chi connectivity index (χ4v) is 2.28. The van der Waals surface area contributed by atoms with Gasteiger partial charge in [0, 0.05) is 28.6 Å². The zero-order valence-corrected chi connectivity index (χ0v) is 10.9. The Labute approximate surface area is 113 Å². The van der Waals surface area contributed by atoms with Gasteiger partial charge in [-0.05, 0) is 18.6 Å². The number of halogens is 2. The minimum absolute atomic E-state index is 0.167. The lowest BCUT2D eigenvalue weighted by atomic mass is 10.1. The Kier molecular flexibility index (Phi) is 4.28. The van der Waals surface area contributed by atoms with Gasteiger partial charge >= 0.3 is 0 Å². The van der Waals surface area contributed by atoms with Gasteiger partial charge in [0.2, 0.25) is 5.91 Å². The Morgan fingerprint density at radius 3 is 3.00 bits per heavy atom. The summed E-state index contributed by atoms with van der Waals surface area (Å²) >= 11 is 7.21. The predicted octanol–water partition coefficient (Wildman–Crippen LogP) is 3.51. The molecule has 1 N–H and O–H groups in total. The number of anilines is 1. The van der Waals surface area contributed by atoms with E-state index in [-0.39, 0.29) is 24.6 Å². The molecule has 2 aromatic rings. The number of rotatable bonds is 4. The van der Waals surface area contributed by atoms with Crippen molar-refractivity contribution in [1.29, 1.82) is 0 Å². The molecule has 0 aliphatic carbocycles. The molecule has 0 atom stereocenters. The van der Waals surface area contributed by atoms with Crippen molar-refractivity contribution < 1.29 is 9.18 Å². The van der Waals surface area contributed by atoms with Gasteiger partial charge in [-0.25, -0.2) is 9.37 Å². The maximum absolute atomic E-state index is 13.5. The molecule has 0 aliphatic heterocycles.